The molecule has 0 aliphatic carbocycles. The van der Waals surface area contributed by atoms with Gasteiger partial charge in [0, 0.05) is 20.1 Å². The predicted octanol–water partition coefficient (Wildman–Crippen LogP) is 1.98. The molecule has 1 saturated heterocycles. The quantitative estimate of drug-likeness (QED) is 0.912. The summed E-state index contributed by atoms with van der Waals surface area (Å²) in [5.74, 6) is 0.654. The van der Waals surface area contributed by atoms with E-state index in [1.54, 1.807) is 4.90 Å². The average Bonchev–Trinajstić information content (AvgIpc) is 2.95. The summed E-state index contributed by atoms with van der Waals surface area (Å²) in [6, 6.07) is 10.6. The number of nitrogens with one attached hydrogen (secondary N) is 1. The molecule has 0 unspecified atom stereocenters. The van der Waals surface area contributed by atoms with E-state index in [1.807, 2.05) is 6.07 Å². The van der Waals surface area contributed by atoms with Crippen molar-refractivity contribution in [3.05, 3.63) is 52.2 Å². The Labute approximate surface area is 141 Å². The van der Waals surface area contributed by atoms with Crippen molar-refractivity contribution in [3.63, 3.8) is 0 Å². The largest absolute Gasteiger partial charge is 0.343 e. The predicted molar refractivity (Wildman–Crippen MR) is 91.8 cm³/mol. The molecular formula is C18H24N4O2. The summed E-state index contributed by atoms with van der Waals surface area (Å²) in [6.45, 7) is 1.49. The lowest BCUT2D eigenvalue weighted by molar-refractivity contribution is 0.0673. The maximum absolute atomic E-state index is 12.4. The van der Waals surface area contributed by atoms with E-state index >= 15 is 0 Å². The van der Waals surface area contributed by atoms with Gasteiger partial charge in [0.15, 0.2) is 0 Å². The Morgan fingerprint density at radius 3 is 2.58 bits per heavy atom. The van der Waals surface area contributed by atoms with Gasteiger partial charge in [-0.25, -0.2) is 9.48 Å². The average molecular weight is 328 g/mol. The topological polar surface area (TPSA) is 71.0 Å². The first-order valence-corrected chi connectivity index (χ1v) is 8.60. The monoisotopic (exact) mass is 328 g/mol. The minimum atomic E-state index is -0.353. The number of carbonyl (C=O) groups is 1. The molecule has 24 heavy (non-hydrogen) atoms. The van der Waals surface area contributed by atoms with Gasteiger partial charge in [-0.05, 0) is 43.6 Å². The maximum Gasteiger partial charge on any atom is 0.343 e. The standard InChI is InChI=1S/C18H24N4O2/c1-21-18(24)19-16(20-21)17(23)22-12-10-15(11-13-22)9-5-8-14-6-3-2-4-7-14/h2-4,6-7,15H,5,8-13H2,1H3,(H,19,20,24). The normalized spacial score (nSPS) is 15.6. The highest BCUT2D eigenvalue weighted by Gasteiger charge is 2.25. The van der Waals surface area contributed by atoms with Crippen LogP contribution >= 0.6 is 0 Å². The lowest BCUT2D eigenvalue weighted by atomic mass is 9.90. The van der Waals surface area contributed by atoms with E-state index in [1.165, 1.54) is 25.5 Å². The third kappa shape index (κ3) is 3.93. The minimum absolute atomic E-state index is 0.144. The summed E-state index contributed by atoms with van der Waals surface area (Å²) in [5.41, 5.74) is 1.04. The molecule has 6 nitrogen and oxygen atoms in total. The number of carbonyl (C=O) groups excluding carboxylic acids is 1. The van der Waals surface area contributed by atoms with Crippen LogP contribution in [0.25, 0.3) is 0 Å². The highest BCUT2D eigenvalue weighted by Crippen LogP contribution is 2.23. The first kappa shape index (κ1) is 16.5. The minimum Gasteiger partial charge on any atom is -0.336 e. The van der Waals surface area contributed by atoms with Crippen molar-refractivity contribution in [2.45, 2.75) is 32.1 Å². The molecule has 2 heterocycles. The summed E-state index contributed by atoms with van der Waals surface area (Å²) in [7, 11) is 1.54. The van der Waals surface area contributed by atoms with Crippen LogP contribution < -0.4 is 5.69 Å². The first-order valence-electron chi connectivity index (χ1n) is 8.60. The molecule has 1 amide bonds. The summed E-state index contributed by atoms with van der Waals surface area (Å²) >= 11 is 0. The zero-order valence-electron chi connectivity index (χ0n) is 14.1. The van der Waals surface area contributed by atoms with Gasteiger partial charge in [-0.1, -0.05) is 30.3 Å². The van der Waals surface area contributed by atoms with E-state index in [9.17, 15) is 9.59 Å². The van der Waals surface area contributed by atoms with Gasteiger partial charge in [0.1, 0.15) is 0 Å². The molecule has 1 aromatic carbocycles. The molecule has 6 heteroatoms. The van der Waals surface area contributed by atoms with Crippen molar-refractivity contribution in [2.24, 2.45) is 13.0 Å². The van der Waals surface area contributed by atoms with E-state index in [-0.39, 0.29) is 17.4 Å². The Balaban J connectivity index is 1.44. The van der Waals surface area contributed by atoms with Crippen LogP contribution in [0.1, 0.15) is 41.9 Å². The van der Waals surface area contributed by atoms with E-state index < -0.39 is 0 Å². The van der Waals surface area contributed by atoms with Crippen molar-refractivity contribution in [1.29, 1.82) is 0 Å². The summed E-state index contributed by atoms with van der Waals surface area (Å²) in [4.78, 5) is 28.0. The lowest BCUT2D eigenvalue weighted by Crippen LogP contribution is -2.39. The van der Waals surface area contributed by atoms with Gasteiger partial charge in [-0.2, -0.15) is 0 Å². The Kier molecular flexibility index (Phi) is 5.13. The van der Waals surface area contributed by atoms with Gasteiger partial charge in [0.2, 0.25) is 5.82 Å². The van der Waals surface area contributed by atoms with Crippen LogP contribution in [0.5, 0.6) is 0 Å². The number of hydrogen-bond donors (Lipinski definition) is 1. The Hall–Kier alpha value is -2.37. The number of piperidine rings is 1. The molecule has 0 spiro atoms. The molecule has 128 valence electrons. The molecule has 0 bridgehead atoms. The second-order valence-corrected chi connectivity index (χ2v) is 6.52. The van der Waals surface area contributed by atoms with Crippen molar-refractivity contribution in [3.8, 4) is 0 Å². The fourth-order valence-corrected chi connectivity index (χ4v) is 3.31. The van der Waals surface area contributed by atoms with Crippen LogP contribution in [0, 0.1) is 5.92 Å². The maximum atomic E-state index is 12.4. The summed E-state index contributed by atoms with van der Waals surface area (Å²) in [6.07, 6.45) is 5.57. The molecule has 1 N–H and O–H groups in total. The summed E-state index contributed by atoms with van der Waals surface area (Å²) < 4.78 is 1.16. The highest BCUT2D eigenvalue weighted by molar-refractivity contribution is 5.90. The van der Waals surface area contributed by atoms with Crippen LogP contribution in [0.3, 0.4) is 0 Å². The number of aryl methyl sites for hydroxylation is 2. The smallest absolute Gasteiger partial charge is 0.336 e. The zero-order chi connectivity index (χ0) is 16.9. The molecule has 1 aromatic heterocycles. The van der Waals surface area contributed by atoms with Gasteiger partial charge in [-0.3, -0.25) is 9.78 Å². The molecule has 0 saturated carbocycles. The van der Waals surface area contributed by atoms with Crippen molar-refractivity contribution in [1.82, 2.24) is 19.7 Å². The Morgan fingerprint density at radius 2 is 1.96 bits per heavy atom. The fraction of sp³-hybridized carbons (Fsp3) is 0.500. The van der Waals surface area contributed by atoms with Gasteiger partial charge in [0.05, 0.1) is 0 Å². The van der Waals surface area contributed by atoms with Gasteiger partial charge >= 0.3 is 5.69 Å². The number of aromatic nitrogens is 3. The Morgan fingerprint density at radius 1 is 1.25 bits per heavy atom. The molecule has 0 radical (unpaired) electrons. The number of nitrogens with zero attached hydrogens (tertiary/aromatic N) is 3. The zero-order valence-corrected chi connectivity index (χ0v) is 14.1. The van der Waals surface area contributed by atoms with E-state index in [0.717, 1.165) is 37.0 Å². The van der Waals surface area contributed by atoms with E-state index in [0.29, 0.717) is 5.92 Å². The van der Waals surface area contributed by atoms with E-state index in [4.69, 9.17) is 0 Å². The third-order valence-electron chi connectivity index (χ3n) is 4.79. The van der Waals surface area contributed by atoms with Gasteiger partial charge in [0.25, 0.3) is 5.91 Å². The van der Waals surface area contributed by atoms with Gasteiger partial charge < -0.3 is 4.90 Å². The van der Waals surface area contributed by atoms with Crippen LogP contribution in [0.2, 0.25) is 0 Å². The lowest BCUT2D eigenvalue weighted by Gasteiger charge is -2.31. The molecular weight excluding hydrogens is 304 g/mol. The highest BCUT2D eigenvalue weighted by atomic mass is 16.2. The first-order chi connectivity index (χ1) is 11.6. The number of hydrogen-bond acceptors (Lipinski definition) is 3. The van der Waals surface area contributed by atoms with Crippen LogP contribution in [-0.4, -0.2) is 38.7 Å². The van der Waals surface area contributed by atoms with Crippen molar-refractivity contribution < 1.29 is 4.79 Å². The molecule has 1 aliphatic heterocycles. The number of benzene rings is 1. The van der Waals surface area contributed by atoms with Crippen LogP contribution in [-0.2, 0) is 13.5 Å². The third-order valence-corrected chi connectivity index (χ3v) is 4.79. The second-order valence-electron chi connectivity index (χ2n) is 6.52. The fourth-order valence-electron chi connectivity index (χ4n) is 3.31. The number of rotatable bonds is 5. The molecule has 0 atom stereocenters. The molecule has 3 rings (SSSR count). The molecule has 2 aromatic rings. The second kappa shape index (κ2) is 7.47. The van der Waals surface area contributed by atoms with Crippen LogP contribution in [0.15, 0.2) is 35.1 Å². The van der Waals surface area contributed by atoms with Gasteiger partial charge in [-0.15, -0.1) is 5.10 Å². The SMILES string of the molecule is Cn1nc(C(=O)N2CCC(CCCc3ccccc3)CC2)[nH]c1=O. The number of likely N-dealkylation sites (tertiary alicyclic amines) is 1. The van der Waals surface area contributed by atoms with Crippen molar-refractivity contribution in [2.75, 3.05) is 13.1 Å². The van der Waals surface area contributed by atoms with Crippen molar-refractivity contribution >= 4 is 5.91 Å². The van der Waals surface area contributed by atoms with E-state index in [2.05, 4.69) is 34.3 Å². The Bertz CT molecular complexity index is 727. The number of H-pyrrole nitrogens is 1. The molecule has 1 aliphatic rings. The summed E-state index contributed by atoms with van der Waals surface area (Å²) in [5, 5.41) is 3.94. The number of aromatic amines is 1. The molecule has 1 fully saturated rings. The number of amides is 1. The van der Waals surface area contributed by atoms with Crippen LogP contribution in [0.4, 0.5) is 0 Å².